The van der Waals surface area contributed by atoms with Crippen molar-refractivity contribution in [2.24, 2.45) is 5.92 Å². The van der Waals surface area contributed by atoms with Gasteiger partial charge >= 0.3 is 0 Å². The second-order valence-electron chi connectivity index (χ2n) is 6.43. The van der Waals surface area contributed by atoms with Crippen molar-refractivity contribution in [3.8, 4) is 17.2 Å². The van der Waals surface area contributed by atoms with Crippen LogP contribution in [-0.4, -0.2) is 44.7 Å². The Labute approximate surface area is 154 Å². The summed E-state index contributed by atoms with van der Waals surface area (Å²) in [5.74, 6) is 2.74. The summed E-state index contributed by atoms with van der Waals surface area (Å²) in [6, 6.07) is 15.0. The zero-order chi connectivity index (χ0) is 18.4. The number of nitrogens with zero attached hydrogens (tertiary/aromatic N) is 1. The Morgan fingerprint density at radius 1 is 1.08 bits per heavy atom. The van der Waals surface area contributed by atoms with E-state index in [1.807, 2.05) is 47.4 Å². The molecule has 1 amide bonds. The number of para-hydroxylation sites is 2. The maximum Gasteiger partial charge on any atom is 0.253 e. The van der Waals surface area contributed by atoms with E-state index >= 15 is 0 Å². The SMILES string of the molecule is COc1cccc(C(=O)N2CCC(CCOc3ccccc3OC)C2)c1. The molecule has 0 aliphatic carbocycles. The van der Waals surface area contributed by atoms with Crippen LogP contribution in [-0.2, 0) is 0 Å². The minimum atomic E-state index is 0.0667. The fourth-order valence-electron chi connectivity index (χ4n) is 3.27. The van der Waals surface area contributed by atoms with E-state index < -0.39 is 0 Å². The van der Waals surface area contributed by atoms with Gasteiger partial charge in [0.25, 0.3) is 5.91 Å². The topological polar surface area (TPSA) is 48.0 Å². The van der Waals surface area contributed by atoms with Gasteiger partial charge in [0.1, 0.15) is 5.75 Å². The number of hydrogen-bond acceptors (Lipinski definition) is 4. The number of amides is 1. The van der Waals surface area contributed by atoms with Crippen molar-refractivity contribution >= 4 is 5.91 Å². The van der Waals surface area contributed by atoms with Crippen LogP contribution >= 0.6 is 0 Å². The molecular weight excluding hydrogens is 330 g/mol. The van der Waals surface area contributed by atoms with Crippen LogP contribution in [0.1, 0.15) is 23.2 Å². The van der Waals surface area contributed by atoms with Crippen LogP contribution in [0.2, 0.25) is 0 Å². The number of ether oxygens (including phenoxy) is 3. The molecule has 1 fully saturated rings. The minimum absolute atomic E-state index is 0.0667. The van der Waals surface area contributed by atoms with Gasteiger partial charge in [-0.15, -0.1) is 0 Å². The van der Waals surface area contributed by atoms with Gasteiger partial charge in [-0.3, -0.25) is 4.79 Å². The Morgan fingerprint density at radius 2 is 1.88 bits per heavy atom. The van der Waals surface area contributed by atoms with Crippen LogP contribution < -0.4 is 14.2 Å². The Kier molecular flexibility index (Phi) is 6.00. The van der Waals surface area contributed by atoms with E-state index in [2.05, 4.69) is 0 Å². The lowest BCUT2D eigenvalue weighted by atomic mass is 10.1. The molecule has 1 aliphatic heterocycles. The Bertz CT molecular complexity index is 746. The van der Waals surface area contributed by atoms with Crippen LogP contribution in [0.15, 0.2) is 48.5 Å². The van der Waals surface area contributed by atoms with Crippen molar-refractivity contribution in [2.75, 3.05) is 33.9 Å². The molecule has 0 radical (unpaired) electrons. The molecule has 5 nitrogen and oxygen atoms in total. The third-order valence-corrected chi connectivity index (χ3v) is 4.74. The van der Waals surface area contributed by atoms with Crippen molar-refractivity contribution in [3.05, 3.63) is 54.1 Å². The van der Waals surface area contributed by atoms with Crippen molar-refractivity contribution in [1.29, 1.82) is 0 Å². The lowest BCUT2D eigenvalue weighted by Gasteiger charge is -2.17. The van der Waals surface area contributed by atoms with Gasteiger partial charge < -0.3 is 19.1 Å². The molecule has 138 valence electrons. The summed E-state index contributed by atoms with van der Waals surface area (Å²) < 4.78 is 16.4. The smallest absolute Gasteiger partial charge is 0.253 e. The highest BCUT2D eigenvalue weighted by atomic mass is 16.5. The highest BCUT2D eigenvalue weighted by molar-refractivity contribution is 5.94. The second-order valence-corrected chi connectivity index (χ2v) is 6.43. The molecule has 0 saturated carbocycles. The molecule has 1 heterocycles. The minimum Gasteiger partial charge on any atom is -0.497 e. The van der Waals surface area contributed by atoms with Crippen LogP contribution in [0.25, 0.3) is 0 Å². The van der Waals surface area contributed by atoms with Gasteiger partial charge in [0.05, 0.1) is 20.8 Å². The highest BCUT2D eigenvalue weighted by Gasteiger charge is 2.27. The molecule has 1 unspecified atom stereocenters. The Balaban J connectivity index is 1.50. The highest BCUT2D eigenvalue weighted by Crippen LogP contribution is 2.27. The summed E-state index contributed by atoms with van der Waals surface area (Å²) in [6.07, 6.45) is 1.92. The third-order valence-electron chi connectivity index (χ3n) is 4.74. The van der Waals surface area contributed by atoms with E-state index in [0.29, 0.717) is 23.8 Å². The van der Waals surface area contributed by atoms with E-state index in [-0.39, 0.29) is 5.91 Å². The number of benzene rings is 2. The van der Waals surface area contributed by atoms with Crippen LogP contribution in [0.5, 0.6) is 17.2 Å². The van der Waals surface area contributed by atoms with Crippen LogP contribution in [0.3, 0.4) is 0 Å². The fourth-order valence-corrected chi connectivity index (χ4v) is 3.27. The van der Waals surface area contributed by atoms with Gasteiger partial charge in [0.15, 0.2) is 11.5 Å². The summed E-state index contributed by atoms with van der Waals surface area (Å²) in [5.41, 5.74) is 0.676. The normalized spacial score (nSPS) is 16.4. The van der Waals surface area contributed by atoms with E-state index in [9.17, 15) is 4.79 Å². The molecule has 1 saturated heterocycles. The van der Waals surface area contributed by atoms with Gasteiger partial charge in [-0.25, -0.2) is 0 Å². The number of carbonyl (C=O) groups is 1. The zero-order valence-electron chi connectivity index (χ0n) is 15.3. The predicted octanol–water partition coefficient (Wildman–Crippen LogP) is 3.64. The summed E-state index contributed by atoms with van der Waals surface area (Å²) in [5, 5.41) is 0. The molecule has 26 heavy (non-hydrogen) atoms. The molecule has 0 aromatic heterocycles. The van der Waals surface area contributed by atoms with E-state index in [1.165, 1.54) is 0 Å². The average molecular weight is 355 g/mol. The number of carbonyl (C=O) groups excluding carboxylic acids is 1. The predicted molar refractivity (Wildman–Crippen MR) is 100 cm³/mol. The molecule has 1 aliphatic rings. The first kappa shape index (κ1) is 18.1. The van der Waals surface area contributed by atoms with Crippen molar-refractivity contribution in [3.63, 3.8) is 0 Å². The van der Waals surface area contributed by atoms with E-state index in [1.54, 1.807) is 20.3 Å². The Hall–Kier alpha value is -2.69. The first-order valence-corrected chi connectivity index (χ1v) is 8.90. The fraction of sp³-hybridized carbons (Fsp3) is 0.381. The number of rotatable bonds is 7. The summed E-state index contributed by atoms with van der Waals surface area (Å²) in [4.78, 5) is 14.6. The molecule has 1 atom stereocenters. The number of hydrogen-bond donors (Lipinski definition) is 0. The van der Waals surface area contributed by atoms with E-state index in [0.717, 1.165) is 37.4 Å². The van der Waals surface area contributed by atoms with Crippen molar-refractivity contribution < 1.29 is 19.0 Å². The number of likely N-dealkylation sites (tertiary alicyclic amines) is 1. The van der Waals surface area contributed by atoms with Crippen molar-refractivity contribution in [2.45, 2.75) is 12.8 Å². The molecule has 3 rings (SSSR count). The van der Waals surface area contributed by atoms with Gasteiger partial charge in [-0.05, 0) is 49.1 Å². The zero-order valence-corrected chi connectivity index (χ0v) is 15.3. The van der Waals surface area contributed by atoms with Crippen LogP contribution in [0, 0.1) is 5.92 Å². The lowest BCUT2D eigenvalue weighted by Crippen LogP contribution is -2.28. The first-order valence-electron chi connectivity index (χ1n) is 8.90. The number of methoxy groups -OCH3 is 2. The lowest BCUT2D eigenvalue weighted by molar-refractivity contribution is 0.0785. The molecule has 2 aromatic carbocycles. The molecule has 5 heteroatoms. The summed E-state index contributed by atoms with van der Waals surface area (Å²) in [7, 11) is 3.25. The largest absolute Gasteiger partial charge is 0.497 e. The van der Waals surface area contributed by atoms with E-state index in [4.69, 9.17) is 14.2 Å². The molecule has 0 spiro atoms. The standard InChI is InChI=1S/C21H25NO4/c1-24-18-7-5-6-17(14-18)21(23)22-12-10-16(15-22)11-13-26-20-9-4-3-8-19(20)25-2/h3-9,14,16H,10-13,15H2,1-2H3. The summed E-state index contributed by atoms with van der Waals surface area (Å²) in [6.45, 7) is 2.17. The van der Waals surface area contributed by atoms with Crippen molar-refractivity contribution in [1.82, 2.24) is 4.90 Å². The molecular formula is C21H25NO4. The van der Waals surface area contributed by atoms with Gasteiger partial charge in [0.2, 0.25) is 0 Å². The van der Waals surface area contributed by atoms with Gasteiger partial charge in [-0.1, -0.05) is 18.2 Å². The maximum atomic E-state index is 12.7. The third kappa shape index (κ3) is 4.28. The Morgan fingerprint density at radius 3 is 2.65 bits per heavy atom. The molecule has 0 N–H and O–H groups in total. The van der Waals surface area contributed by atoms with Crippen LogP contribution in [0.4, 0.5) is 0 Å². The summed E-state index contributed by atoms with van der Waals surface area (Å²) >= 11 is 0. The first-order chi connectivity index (χ1) is 12.7. The second kappa shape index (κ2) is 8.61. The average Bonchev–Trinajstić information content (AvgIpc) is 3.16. The van der Waals surface area contributed by atoms with Gasteiger partial charge in [-0.2, -0.15) is 0 Å². The van der Waals surface area contributed by atoms with Gasteiger partial charge in [0, 0.05) is 18.7 Å². The molecule has 2 aromatic rings. The maximum absolute atomic E-state index is 12.7. The molecule has 0 bridgehead atoms. The monoisotopic (exact) mass is 355 g/mol. The quantitative estimate of drug-likeness (QED) is 0.761.